The molecule has 0 aliphatic rings. The van der Waals surface area contributed by atoms with Crippen molar-refractivity contribution in [2.45, 2.75) is 32.6 Å². The molecule has 1 aromatic heterocycles. The summed E-state index contributed by atoms with van der Waals surface area (Å²) < 4.78 is 9.83. The lowest BCUT2D eigenvalue weighted by Crippen LogP contribution is -2.26. The highest BCUT2D eigenvalue weighted by Gasteiger charge is 2.27. The predicted molar refractivity (Wildman–Crippen MR) is 106 cm³/mol. The van der Waals surface area contributed by atoms with Gasteiger partial charge in [-0.05, 0) is 11.5 Å². The van der Waals surface area contributed by atoms with Crippen LogP contribution in [-0.2, 0) is 30.3 Å². The van der Waals surface area contributed by atoms with Crippen LogP contribution in [0.5, 0.6) is 0 Å². The summed E-state index contributed by atoms with van der Waals surface area (Å²) in [7, 11) is 1.30. The Balaban J connectivity index is 1.92. The number of methoxy groups -OCH3 is 1. The maximum Gasteiger partial charge on any atom is 0.314 e. The van der Waals surface area contributed by atoms with E-state index < -0.39 is 30.4 Å². The molecule has 28 heavy (non-hydrogen) atoms. The molecule has 2 atom stereocenters. The molecule has 7 nitrogen and oxygen atoms in total. The number of amides is 1. The molecule has 0 aliphatic heterocycles. The molecular weight excluding hydrogens is 380 g/mol. The van der Waals surface area contributed by atoms with Crippen LogP contribution in [0.4, 0.5) is 5.13 Å². The minimum Gasteiger partial charge on any atom is -0.469 e. The minimum absolute atomic E-state index is 0.0333. The molecule has 1 N–H and O–H groups in total. The Hall–Kier alpha value is -2.74. The number of thiazole rings is 1. The number of aromatic nitrogens is 1. The second-order valence-corrected chi connectivity index (χ2v) is 7.18. The first-order chi connectivity index (χ1) is 13.4. The molecule has 1 aromatic carbocycles. The van der Waals surface area contributed by atoms with Crippen LogP contribution in [-0.4, -0.2) is 36.5 Å². The van der Waals surface area contributed by atoms with E-state index in [2.05, 4.69) is 15.0 Å². The Bertz CT molecular complexity index is 806. The number of carbonyl (C=O) groups is 3. The van der Waals surface area contributed by atoms with Crippen molar-refractivity contribution in [2.75, 3.05) is 19.0 Å². The minimum atomic E-state index is -0.483. The molecule has 1 amide bonds. The highest BCUT2D eigenvalue weighted by Crippen LogP contribution is 2.28. The van der Waals surface area contributed by atoms with Gasteiger partial charge in [0.1, 0.15) is 0 Å². The van der Waals surface area contributed by atoms with E-state index in [9.17, 15) is 14.4 Å². The van der Waals surface area contributed by atoms with Crippen molar-refractivity contribution in [1.29, 1.82) is 0 Å². The van der Waals surface area contributed by atoms with Gasteiger partial charge < -0.3 is 9.47 Å². The molecular formula is C20H24N2O5S. The number of ether oxygens (including phenoxy) is 2. The van der Waals surface area contributed by atoms with E-state index in [0.29, 0.717) is 10.8 Å². The largest absolute Gasteiger partial charge is 0.469 e. The molecule has 0 saturated carbocycles. The quantitative estimate of drug-likeness (QED) is 0.645. The van der Waals surface area contributed by atoms with E-state index in [1.54, 1.807) is 5.38 Å². The first kappa shape index (κ1) is 21.6. The third kappa shape index (κ3) is 6.16. The van der Waals surface area contributed by atoms with Gasteiger partial charge in [0, 0.05) is 5.38 Å². The van der Waals surface area contributed by atoms with E-state index in [1.807, 2.05) is 44.2 Å². The van der Waals surface area contributed by atoms with E-state index >= 15 is 0 Å². The highest BCUT2D eigenvalue weighted by atomic mass is 32.1. The molecule has 0 spiro atoms. The van der Waals surface area contributed by atoms with E-state index in [1.165, 1.54) is 18.4 Å². The van der Waals surface area contributed by atoms with Crippen LogP contribution >= 0.6 is 11.3 Å². The molecule has 2 rings (SSSR count). The van der Waals surface area contributed by atoms with Gasteiger partial charge in [-0.15, -0.1) is 11.3 Å². The van der Waals surface area contributed by atoms with E-state index in [4.69, 9.17) is 4.74 Å². The van der Waals surface area contributed by atoms with Crippen molar-refractivity contribution in [3.8, 4) is 0 Å². The van der Waals surface area contributed by atoms with Crippen LogP contribution < -0.4 is 5.32 Å². The monoisotopic (exact) mass is 404 g/mol. The van der Waals surface area contributed by atoms with Gasteiger partial charge in [-0.3, -0.25) is 19.7 Å². The number of hydrogen-bond acceptors (Lipinski definition) is 7. The molecule has 1 heterocycles. The van der Waals surface area contributed by atoms with Gasteiger partial charge in [0.05, 0.1) is 25.1 Å². The molecule has 0 unspecified atom stereocenters. The molecule has 0 radical (unpaired) electrons. The topological polar surface area (TPSA) is 94.6 Å². The Kier molecular flexibility index (Phi) is 8.13. The Morgan fingerprint density at radius 3 is 2.57 bits per heavy atom. The Labute approximate surface area is 168 Å². The molecule has 8 heteroatoms. The number of rotatable bonds is 9. The fourth-order valence-corrected chi connectivity index (χ4v) is 3.37. The number of esters is 2. The van der Waals surface area contributed by atoms with Crippen molar-refractivity contribution < 1.29 is 23.9 Å². The third-order valence-electron chi connectivity index (χ3n) is 4.32. The zero-order valence-electron chi connectivity index (χ0n) is 16.1. The van der Waals surface area contributed by atoms with E-state index in [-0.39, 0.29) is 12.3 Å². The molecule has 0 saturated heterocycles. The SMILES string of the molecule is CC[C@@H](C)[C@@H](C(=O)OCC(=O)Nc1nc(CC(=O)OC)cs1)c1ccccc1. The molecule has 0 aliphatic carbocycles. The molecule has 2 aromatic rings. The normalized spacial score (nSPS) is 12.7. The second-order valence-electron chi connectivity index (χ2n) is 6.33. The highest BCUT2D eigenvalue weighted by molar-refractivity contribution is 7.13. The maximum absolute atomic E-state index is 12.6. The van der Waals surface area contributed by atoms with Gasteiger partial charge in [0.25, 0.3) is 5.91 Å². The zero-order chi connectivity index (χ0) is 20.5. The lowest BCUT2D eigenvalue weighted by molar-refractivity contribution is -0.150. The lowest BCUT2D eigenvalue weighted by atomic mass is 9.86. The van der Waals surface area contributed by atoms with Crippen LogP contribution in [0.25, 0.3) is 0 Å². The van der Waals surface area contributed by atoms with Crippen LogP contribution in [0, 0.1) is 5.92 Å². The summed E-state index contributed by atoms with van der Waals surface area (Å²) in [6.07, 6.45) is 0.842. The van der Waals surface area contributed by atoms with Gasteiger partial charge in [-0.25, -0.2) is 4.98 Å². The van der Waals surface area contributed by atoms with Gasteiger partial charge in [-0.2, -0.15) is 0 Å². The average molecular weight is 404 g/mol. The zero-order valence-corrected chi connectivity index (χ0v) is 17.0. The van der Waals surface area contributed by atoms with Crippen molar-refractivity contribution in [3.05, 3.63) is 47.0 Å². The van der Waals surface area contributed by atoms with Crippen LogP contribution in [0.3, 0.4) is 0 Å². The first-order valence-electron chi connectivity index (χ1n) is 8.97. The fourth-order valence-electron chi connectivity index (χ4n) is 2.64. The summed E-state index contributed by atoms with van der Waals surface area (Å²) in [6.45, 7) is 3.59. The summed E-state index contributed by atoms with van der Waals surface area (Å²) in [6, 6.07) is 9.41. The number of hydrogen-bond donors (Lipinski definition) is 1. The van der Waals surface area contributed by atoms with Crippen molar-refractivity contribution in [2.24, 2.45) is 5.92 Å². The molecule has 0 bridgehead atoms. The maximum atomic E-state index is 12.6. The van der Waals surface area contributed by atoms with Crippen LogP contribution in [0.1, 0.15) is 37.4 Å². The number of nitrogens with zero attached hydrogens (tertiary/aromatic N) is 1. The summed E-state index contributed by atoms with van der Waals surface area (Å²) in [4.78, 5) is 40.1. The Morgan fingerprint density at radius 1 is 1.21 bits per heavy atom. The smallest absolute Gasteiger partial charge is 0.314 e. The van der Waals surface area contributed by atoms with Crippen LogP contribution in [0.2, 0.25) is 0 Å². The summed E-state index contributed by atoms with van der Waals surface area (Å²) >= 11 is 1.18. The number of carbonyl (C=O) groups excluding carboxylic acids is 3. The Morgan fingerprint density at radius 2 is 1.93 bits per heavy atom. The van der Waals surface area contributed by atoms with Gasteiger partial charge in [0.2, 0.25) is 0 Å². The summed E-state index contributed by atoms with van der Waals surface area (Å²) in [5.74, 6) is -1.66. The fraction of sp³-hybridized carbons (Fsp3) is 0.400. The van der Waals surface area contributed by atoms with Crippen molar-refractivity contribution >= 4 is 34.3 Å². The third-order valence-corrected chi connectivity index (χ3v) is 5.13. The number of anilines is 1. The predicted octanol–water partition coefficient (Wildman–Crippen LogP) is 3.17. The lowest BCUT2D eigenvalue weighted by Gasteiger charge is -2.21. The summed E-state index contributed by atoms with van der Waals surface area (Å²) in [5.41, 5.74) is 1.37. The van der Waals surface area contributed by atoms with Gasteiger partial charge >= 0.3 is 11.9 Å². The van der Waals surface area contributed by atoms with E-state index in [0.717, 1.165) is 12.0 Å². The van der Waals surface area contributed by atoms with Crippen molar-refractivity contribution in [3.63, 3.8) is 0 Å². The standard InChI is InChI=1S/C20H24N2O5S/c1-4-13(2)18(14-8-6-5-7-9-14)19(25)27-11-16(23)22-20-21-15(12-28-20)10-17(24)26-3/h5-9,12-13,18H,4,10-11H2,1-3H3,(H,21,22,23)/t13-,18-/m1/s1. The molecule has 150 valence electrons. The van der Waals surface area contributed by atoms with Crippen LogP contribution in [0.15, 0.2) is 35.7 Å². The molecule has 0 fully saturated rings. The van der Waals surface area contributed by atoms with Crippen molar-refractivity contribution in [1.82, 2.24) is 4.98 Å². The number of nitrogens with one attached hydrogen (secondary N) is 1. The summed E-state index contributed by atoms with van der Waals surface area (Å²) in [5, 5.41) is 4.56. The second kappa shape index (κ2) is 10.6. The average Bonchev–Trinajstić information content (AvgIpc) is 3.13. The van der Waals surface area contributed by atoms with Gasteiger partial charge in [-0.1, -0.05) is 50.6 Å². The first-order valence-corrected chi connectivity index (χ1v) is 9.85. The van der Waals surface area contributed by atoms with Gasteiger partial charge in [0.15, 0.2) is 11.7 Å². The number of benzene rings is 1.